The highest BCUT2D eigenvalue weighted by atomic mass is 35.5. The van der Waals surface area contributed by atoms with Crippen molar-refractivity contribution >= 4 is 35.0 Å². The summed E-state index contributed by atoms with van der Waals surface area (Å²) in [4.78, 5) is 25.3. The van der Waals surface area contributed by atoms with Gasteiger partial charge < -0.3 is 25.0 Å². The summed E-state index contributed by atoms with van der Waals surface area (Å²) < 4.78 is 61.8. The first-order valence-corrected chi connectivity index (χ1v) is 9.30. The highest BCUT2D eigenvalue weighted by molar-refractivity contribution is 5.97. The Bertz CT molecular complexity index is 1100. The van der Waals surface area contributed by atoms with Crippen molar-refractivity contribution in [2.24, 2.45) is 11.7 Å². The van der Waals surface area contributed by atoms with E-state index in [1.165, 1.54) is 18.2 Å². The van der Waals surface area contributed by atoms with Crippen LogP contribution in [0.4, 0.5) is 23.2 Å². The number of aromatic nitrogens is 1. The number of pyridine rings is 1. The first kappa shape index (κ1) is 23.1. The second kappa shape index (κ2) is 7.86. The number of nitrogens with zero attached hydrogens (tertiary/aromatic N) is 2. The molecule has 0 amide bonds. The van der Waals surface area contributed by atoms with Gasteiger partial charge in [-0.1, -0.05) is 0 Å². The second-order valence-electron chi connectivity index (χ2n) is 7.67. The molecule has 2 aliphatic rings. The van der Waals surface area contributed by atoms with E-state index in [4.69, 9.17) is 10.5 Å². The number of nitrogens with two attached hydrogens (primary N) is 1. The summed E-state index contributed by atoms with van der Waals surface area (Å²) in [6, 6.07) is -0.486. The number of fused-ring (bicyclic) bond motifs is 1. The quantitative estimate of drug-likeness (QED) is 0.674. The molecule has 31 heavy (non-hydrogen) atoms. The lowest BCUT2D eigenvalue weighted by Crippen LogP contribution is -2.38. The van der Waals surface area contributed by atoms with Crippen molar-refractivity contribution < 1.29 is 32.2 Å². The third kappa shape index (κ3) is 3.80. The van der Waals surface area contributed by atoms with E-state index in [9.17, 15) is 27.9 Å². The number of carboxylic acid groups (broad SMARTS) is 1. The SMILES string of the molecule is COc1c(N2C[C@@H](C(F)(F)F)[C@@H](N)C2)c(F)cc2c(=O)c(C(=O)O)cn(C3CC3)c12.Cl. The fourth-order valence-electron chi connectivity index (χ4n) is 4.08. The van der Waals surface area contributed by atoms with Gasteiger partial charge in [0.1, 0.15) is 11.3 Å². The van der Waals surface area contributed by atoms with Gasteiger partial charge in [-0.2, -0.15) is 13.2 Å². The van der Waals surface area contributed by atoms with Gasteiger partial charge in [0, 0.05) is 31.4 Å². The van der Waals surface area contributed by atoms with E-state index in [0.29, 0.717) is 0 Å². The van der Waals surface area contributed by atoms with Gasteiger partial charge in [0.2, 0.25) is 5.43 Å². The van der Waals surface area contributed by atoms with Crippen LogP contribution in [0.25, 0.3) is 10.9 Å². The molecule has 2 aromatic rings. The Hall–Kier alpha value is -2.53. The minimum Gasteiger partial charge on any atom is -0.492 e. The van der Waals surface area contributed by atoms with Gasteiger partial charge >= 0.3 is 12.1 Å². The van der Waals surface area contributed by atoms with E-state index >= 15 is 4.39 Å². The van der Waals surface area contributed by atoms with Crippen molar-refractivity contribution in [3.8, 4) is 5.75 Å². The summed E-state index contributed by atoms with van der Waals surface area (Å²) in [5.41, 5.74) is 4.22. The summed E-state index contributed by atoms with van der Waals surface area (Å²) in [6.45, 7) is -0.797. The first-order valence-electron chi connectivity index (χ1n) is 9.30. The molecule has 1 aromatic carbocycles. The summed E-state index contributed by atoms with van der Waals surface area (Å²) in [5, 5.41) is 9.14. The normalized spacial score (nSPS) is 21.3. The zero-order valence-electron chi connectivity index (χ0n) is 16.3. The summed E-state index contributed by atoms with van der Waals surface area (Å²) >= 11 is 0. The maximum absolute atomic E-state index is 15.1. The third-order valence-electron chi connectivity index (χ3n) is 5.67. The average Bonchev–Trinajstić information content (AvgIpc) is 3.41. The Balaban J connectivity index is 0.00000272. The summed E-state index contributed by atoms with van der Waals surface area (Å²) in [5.74, 6) is -4.37. The van der Waals surface area contributed by atoms with Crippen molar-refractivity contribution in [2.45, 2.75) is 31.1 Å². The Kier molecular flexibility index (Phi) is 5.87. The number of methoxy groups -OCH3 is 1. The van der Waals surface area contributed by atoms with Gasteiger partial charge in [-0.05, 0) is 18.9 Å². The van der Waals surface area contributed by atoms with Crippen LogP contribution in [-0.2, 0) is 0 Å². The van der Waals surface area contributed by atoms with Gasteiger partial charge in [0.05, 0.1) is 23.9 Å². The predicted molar refractivity (Wildman–Crippen MR) is 107 cm³/mol. The minimum absolute atomic E-state index is 0. The minimum atomic E-state index is -4.54. The molecule has 0 unspecified atom stereocenters. The summed E-state index contributed by atoms with van der Waals surface area (Å²) in [6.07, 6.45) is -1.92. The zero-order chi connectivity index (χ0) is 22.0. The molecule has 170 valence electrons. The highest BCUT2D eigenvalue weighted by Gasteiger charge is 2.49. The monoisotopic (exact) mass is 465 g/mol. The standard InChI is InChI=1S/C19H19F4N3O4.ClH/c1-30-17-14-9(16(27)10(18(28)29)5-26(14)8-2-3-8)4-12(20)15(17)25-6-11(13(24)7-25)19(21,22)23;/h4-5,8,11,13H,2-3,6-7,24H2,1H3,(H,28,29);1H/t11-,13+;/m1./s1. The van der Waals surface area contributed by atoms with Crippen molar-refractivity contribution in [1.29, 1.82) is 0 Å². The molecule has 0 bridgehead atoms. The molecule has 1 saturated heterocycles. The maximum atomic E-state index is 15.1. The number of carboxylic acids is 1. The smallest absolute Gasteiger partial charge is 0.395 e. The van der Waals surface area contributed by atoms with Crippen molar-refractivity contribution in [1.82, 2.24) is 4.57 Å². The van der Waals surface area contributed by atoms with E-state index < -0.39 is 47.5 Å². The number of hydrogen-bond donors (Lipinski definition) is 2. The molecular weight excluding hydrogens is 446 g/mol. The molecule has 2 fully saturated rings. The van der Waals surface area contributed by atoms with Crippen LogP contribution >= 0.6 is 12.4 Å². The van der Waals surface area contributed by atoms with Crippen LogP contribution in [0.2, 0.25) is 0 Å². The number of hydrogen-bond acceptors (Lipinski definition) is 5. The maximum Gasteiger partial charge on any atom is 0.395 e. The largest absolute Gasteiger partial charge is 0.492 e. The van der Waals surface area contributed by atoms with E-state index in [1.807, 2.05) is 0 Å². The molecule has 2 atom stereocenters. The molecule has 3 N–H and O–H groups in total. The molecule has 1 aliphatic carbocycles. The van der Waals surface area contributed by atoms with Crippen LogP contribution in [0.3, 0.4) is 0 Å². The van der Waals surface area contributed by atoms with E-state index in [-0.39, 0.29) is 47.3 Å². The van der Waals surface area contributed by atoms with Crippen LogP contribution in [-0.4, -0.2) is 48.1 Å². The van der Waals surface area contributed by atoms with Crippen LogP contribution in [0, 0.1) is 11.7 Å². The molecule has 1 aromatic heterocycles. The van der Waals surface area contributed by atoms with Crippen LogP contribution in [0.1, 0.15) is 29.2 Å². The lowest BCUT2D eigenvalue weighted by molar-refractivity contribution is -0.171. The fraction of sp³-hybridized carbons (Fsp3) is 0.474. The molecule has 2 heterocycles. The fourth-order valence-corrected chi connectivity index (χ4v) is 4.08. The number of benzene rings is 1. The molecule has 0 spiro atoms. The highest BCUT2D eigenvalue weighted by Crippen LogP contribution is 2.45. The van der Waals surface area contributed by atoms with Gasteiger partial charge in [-0.15, -0.1) is 12.4 Å². The number of aromatic carboxylic acids is 1. The number of halogens is 5. The Labute approximate surface area is 179 Å². The first-order chi connectivity index (χ1) is 14.0. The second-order valence-corrected chi connectivity index (χ2v) is 7.67. The van der Waals surface area contributed by atoms with E-state index in [2.05, 4.69) is 0 Å². The van der Waals surface area contributed by atoms with Gasteiger partial charge in [0.25, 0.3) is 0 Å². The molecular formula is C19H20ClF4N3O4. The third-order valence-corrected chi connectivity index (χ3v) is 5.67. The Morgan fingerprint density at radius 2 is 1.94 bits per heavy atom. The molecule has 0 radical (unpaired) electrons. The van der Waals surface area contributed by atoms with Crippen molar-refractivity contribution in [2.75, 3.05) is 25.1 Å². The summed E-state index contributed by atoms with van der Waals surface area (Å²) in [7, 11) is 1.22. The van der Waals surface area contributed by atoms with Gasteiger partial charge in [-0.25, -0.2) is 9.18 Å². The number of rotatable bonds is 4. The molecule has 4 rings (SSSR count). The molecule has 7 nitrogen and oxygen atoms in total. The van der Waals surface area contributed by atoms with E-state index in [0.717, 1.165) is 18.9 Å². The number of carbonyl (C=O) groups is 1. The molecule has 12 heteroatoms. The van der Waals surface area contributed by atoms with E-state index in [1.54, 1.807) is 4.57 Å². The van der Waals surface area contributed by atoms with Gasteiger partial charge in [-0.3, -0.25) is 4.79 Å². The van der Waals surface area contributed by atoms with Gasteiger partial charge in [0.15, 0.2) is 11.6 Å². The van der Waals surface area contributed by atoms with Crippen molar-refractivity contribution in [3.63, 3.8) is 0 Å². The van der Waals surface area contributed by atoms with Crippen LogP contribution < -0.4 is 20.8 Å². The van der Waals surface area contributed by atoms with Crippen LogP contribution in [0.5, 0.6) is 5.75 Å². The number of anilines is 1. The Morgan fingerprint density at radius 1 is 1.29 bits per heavy atom. The van der Waals surface area contributed by atoms with Crippen LogP contribution in [0.15, 0.2) is 17.1 Å². The lowest BCUT2D eigenvalue weighted by atomic mass is 10.0. The average molecular weight is 466 g/mol. The lowest BCUT2D eigenvalue weighted by Gasteiger charge is -2.25. The number of ether oxygens (including phenoxy) is 1. The molecule has 1 saturated carbocycles. The predicted octanol–water partition coefficient (Wildman–Crippen LogP) is 2.93. The number of alkyl halides is 3. The zero-order valence-corrected chi connectivity index (χ0v) is 17.1. The topological polar surface area (TPSA) is 97.8 Å². The Morgan fingerprint density at radius 3 is 2.42 bits per heavy atom. The van der Waals surface area contributed by atoms with Crippen molar-refractivity contribution in [3.05, 3.63) is 33.9 Å². The molecule has 1 aliphatic heterocycles.